The molecule has 1 aromatic carbocycles. The van der Waals surface area contributed by atoms with Crippen LogP contribution in [0.15, 0.2) is 23.1 Å². The molecule has 6 nitrogen and oxygen atoms in total. The molecule has 0 atom stereocenters. The number of aryl methyl sites for hydroxylation is 1. The predicted molar refractivity (Wildman–Crippen MR) is 108 cm³/mol. The van der Waals surface area contributed by atoms with Crippen molar-refractivity contribution in [1.29, 1.82) is 0 Å². The van der Waals surface area contributed by atoms with Gasteiger partial charge in [-0.05, 0) is 56.2 Å². The van der Waals surface area contributed by atoms with E-state index in [1.54, 1.807) is 12.1 Å². The highest BCUT2D eigenvalue weighted by Gasteiger charge is 2.24. The zero-order valence-electron chi connectivity index (χ0n) is 16.3. The first-order valence-electron chi connectivity index (χ1n) is 9.92. The zero-order valence-corrected chi connectivity index (χ0v) is 17.1. The number of likely N-dealkylation sites (tertiary alicyclic amines) is 1. The summed E-state index contributed by atoms with van der Waals surface area (Å²) >= 11 is 0. The average Bonchev–Trinajstić information content (AvgIpc) is 3.10. The molecule has 2 N–H and O–H groups in total. The minimum absolute atomic E-state index is 0.170. The molecule has 3 rings (SSSR count). The van der Waals surface area contributed by atoms with Gasteiger partial charge < -0.3 is 15.5 Å². The van der Waals surface area contributed by atoms with Crippen LogP contribution >= 0.6 is 0 Å². The van der Waals surface area contributed by atoms with Gasteiger partial charge in [-0.3, -0.25) is 0 Å². The number of amides is 2. The maximum absolute atomic E-state index is 12.4. The molecule has 1 heterocycles. The van der Waals surface area contributed by atoms with Crippen molar-refractivity contribution in [2.75, 3.05) is 31.2 Å². The lowest BCUT2D eigenvalue weighted by Gasteiger charge is -2.33. The lowest BCUT2D eigenvalue weighted by molar-refractivity contribution is 0.173. The van der Waals surface area contributed by atoms with Crippen LogP contribution in [0.3, 0.4) is 0 Å². The van der Waals surface area contributed by atoms with Crippen LogP contribution in [0.4, 0.5) is 10.5 Å². The van der Waals surface area contributed by atoms with E-state index in [9.17, 15) is 13.2 Å². The topological polar surface area (TPSA) is 78.5 Å². The lowest BCUT2D eigenvalue weighted by Crippen LogP contribution is -2.46. The van der Waals surface area contributed by atoms with Gasteiger partial charge in [0, 0.05) is 37.6 Å². The van der Waals surface area contributed by atoms with Gasteiger partial charge in [-0.1, -0.05) is 18.9 Å². The van der Waals surface area contributed by atoms with Gasteiger partial charge >= 0.3 is 6.03 Å². The van der Waals surface area contributed by atoms with Gasteiger partial charge in [-0.2, -0.15) is 0 Å². The van der Waals surface area contributed by atoms with Crippen LogP contribution in [0, 0.1) is 12.8 Å². The fourth-order valence-corrected chi connectivity index (χ4v) is 4.78. The van der Waals surface area contributed by atoms with Crippen LogP contribution < -0.4 is 10.6 Å². The number of benzene rings is 1. The average molecular weight is 394 g/mol. The molecule has 1 aliphatic heterocycles. The molecule has 1 aliphatic carbocycles. The van der Waals surface area contributed by atoms with Gasteiger partial charge in [0.25, 0.3) is 0 Å². The molecule has 1 saturated carbocycles. The number of piperidine rings is 1. The second-order valence-corrected chi connectivity index (χ2v) is 10.1. The fraction of sp³-hybridized carbons (Fsp3) is 0.650. The highest BCUT2D eigenvalue weighted by Crippen LogP contribution is 2.26. The molecule has 1 aromatic rings. The van der Waals surface area contributed by atoms with Crippen molar-refractivity contribution in [3.63, 3.8) is 0 Å². The highest BCUT2D eigenvalue weighted by molar-refractivity contribution is 7.90. The number of urea groups is 1. The molecule has 0 radical (unpaired) electrons. The third kappa shape index (κ3) is 5.69. The monoisotopic (exact) mass is 393 g/mol. The first-order valence-corrected chi connectivity index (χ1v) is 11.8. The smallest absolute Gasteiger partial charge is 0.319 e. The van der Waals surface area contributed by atoms with Crippen LogP contribution in [-0.4, -0.2) is 51.3 Å². The van der Waals surface area contributed by atoms with E-state index in [4.69, 9.17) is 0 Å². The number of sulfone groups is 1. The quantitative estimate of drug-likeness (QED) is 0.805. The standard InChI is InChI=1S/C20H31N3O3S/c1-15-7-8-18(27(2,25)26)13-19(15)22-20(24)21-17-9-11-23(12-10-17)14-16-5-3-4-6-16/h7-8,13,16-17H,3-6,9-12,14H2,1-2H3,(H2,21,22,24). The van der Waals surface area contributed by atoms with E-state index >= 15 is 0 Å². The predicted octanol–water partition coefficient (Wildman–Crippen LogP) is 3.17. The molecule has 2 fully saturated rings. The molecule has 7 heteroatoms. The second-order valence-electron chi connectivity index (χ2n) is 8.07. The summed E-state index contributed by atoms with van der Waals surface area (Å²) in [6.07, 6.45) is 8.58. The summed E-state index contributed by atoms with van der Waals surface area (Å²) in [5.41, 5.74) is 1.37. The van der Waals surface area contributed by atoms with E-state index in [0.717, 1.165) is 37.4 Å². The van der Waals surface area contributed by atoms with Gasteiger partial charge in [0.15, 0.2) is 9.84 Å². The van der Waals surface area contributed by atoms with Crippen molar-refractivity contribution in [3.05, 3.63) is 23.8 Å². The van der Waals surface area contributed by atoms with E-state index < -0.39 is 9.84 Å². The summed E-state index contributed by atoms with van der Waals surface area (Å²) in [5.74, 6) is 0.864. The maximum atomic E-state index is 12.4. The van der Waals surface area contributed by atoms with Gasteiger partial charge in [0.1, 0.15) is 0 Å². The van der Waals surface area contributed by atoms with Crippen LogP contribution in [-0.2, 0) is 9.84 Å². The van der Waals surface area contributed by atoms with Gasteiger partial charge in [-0.15, -0.1) is 0 Å². The number of nitrogens with zero attached hydrogens (tertiary/aromatic N) is 1. The normalized spacial score (nSPS) is 19.9. The van der Waals surface area contributed by atoms with Gasteiger partial charge in [0.2, 0.25) is 0 Å². The van der Waals surface area contributed by atoms with E-state index in [-0.39, 0.29) is 17.0 Å². The minimum atomic E-state index is -3.30. The van der Waals surface area contributed by atoms with Crippen LogP contribution in [0.2, 0.25) is 0 Å². The first kappa shape index (κ1) is 20.1. The van der Waals surface area contributed by atoms with Crippen molar-refractivity contribution < 1.29 is 13.2 Å². The Labute approximate surface area is 162 Å². The molecule has 0 spiro atoms. The van der Waals surface area contributed by atoms with Crippen molar-refractivity contribution >= 4 is 21.6 Å². The Morgan fingerprint density at radius 2 is 1.81 bits per heavy atom. The van der Waals surface area contributed by atoms with Crippen molar-refractivity contribution in [1.82, 2.24) is 10.2 Å². The Morgan fingerprint density at radius 3 is 2.44 bits per heavy atom. The molecule has 1 saturated heterocycles. The third-order valence-electron chi connectivity index (χ3n) is 5.80. The van der Waals surface area contributed by atoms with Crippen LogP contribution in [0.5, 0.6) is 0 Å². The van der Waals surface area contributed by atoms with E-state index in [0.29, 0.717) is 5.69 Å². The number of hydrogen-bond acceptors (Lipinski definition) is 4. The molecule has 27 heavy (non-hydrogen) atoms. The highest BCUT2D eigenvalue weighted by atomic mass is 32.2. The summed E-state index contributed by atoms with van der Waals surface area (Å²) in [6, 6.07) is 4.71. The molecular weight excluding hydrogens is 362 g/mol. The lowest BCUT2D eigenvalue weighted by atomic mass is 10.0. The van der Waals surface area contributed by atoms with Crippen LogP contribution in [0.25, 0.3) is 0 Å². The fourth-order valence-electron chi connectivity index (χ4n) is 4.13. The summed E-state index contributed by atoms with van der Waals surface area (Å²) in [7, 11) is -3.30. The van der Waals surface area contributed by atoms with E-state index in [1.165, 1.54) is 44.6 Å². The zero-order chi connectivity index (χ0) is 19.4. The molecule has 2 amide bonds. The van der Waals surface area contributed by atoms with Gasteiger partial charge in [0.05, 0.1) is 4.90 Å². The molecular formula is C20H31N3O3S. The maximum Gasteiger partial charge on any atom is 0.319 e. The summed E-state index contributed by atoms with van der Waals surface area (Å²) < 4.78 is 23.4. The number of anilines is 1. The number of carbonyl (C=O) groups is 1. The second kappa shape index (κ2) is 8.61. The van der Waals surface area contributed by atoms with E-state index in [2.05, 4.69) is 15.5 Å². The Hall–Kier alpha value is -1.60. The summed E-state index contributed by atoms with van der Waals surface area (Å²) in [5, 5.41) is 5.85. The Bertz CT molecular complexity index is 765. The molecule has 2 aliphatic rings. The molecule has 150 valence electrons. The Balaban J connectivity index is 1.49. The number of carbonyl (C=O) groups excluding carboxylic acids is 1. The minimum Gasteiger partial charge on any atom is -0.335 e. The first-order chi connectivity index (χ1) is 12.8. The van der Waals surface area contributed by atoms with Crippen molar-refractivity contribution in [2.24, 2.45) is 5.92 Å². The van der Waals surface area contributed by atoms with Crippen molar-refractivity contribution in [3.8, 4) is 0 Å². The molecule has 0 aromatic heterocycles. The Morgan fingerprint density at radius 1 is 1.15 bits per heavy atom. The summed E-state index contributed by atoms with van der Waals surface area (Å²) in [4.78, 5) is 15.1. The number of hydrogen-bond donors (Lipinski definition) is 2. The van der Waals surface area contributed by atoms with Gasteiger partial charge in [-0.25, -0.2) is 13.2 Å². The third-order valence-corrected chi connectivity index (χ3v) is 6.91. The molecule has 0 unspecified atom stereocenters. The molecule has 0 bridgehead atoms. The van der Waals surface area contributed by atoms with E-state index in [1.807, 2.05) is 6.92 Å². The van der Waals surface area contributed by atoms with Crippen molar-refractivity contribution in [2.45, 2.75) is 56.4 Å². The number of nitrogens with one attached hydrogen (secondary N) is 2. The SMILES string of the molecule is Cc1ccc(S(C)(=O)=O)cc1NC(=O)NC1CCN(CC2CCCC2)CC1. The largest absolute Gasteiger partial charge is 0.335 e. The Kier molecular flexibility index (Phi) is 6.42. The number of rotatable bonds is 5. The van der Waals surface area contributed by atoms with Crippen LogP contribution in [0.1, 0.15) is 44.1 Å². The summed E-state index contributed by atoms with van der Waals surface area (Å²) in [6.45, 7) is 5.12.